The number of nitrogens with zero attached hydrogens (tertiary/aromatic N) is 4. The van der Waals surface area contributed by atoms with Crippen LogP contribution in [0.2, 0.25) is 0 Å². The molecule has 0 unspecified atom stereocenters. The van der Waals surface area contributed by atoms with Crippen LogP contribution in [0.3, 0.4) is 0 Å². The van der Waals surface area contributed by atoms with Crippen LogP contribution < -0.4 is 0 Å². The Labute approximate surface area is 155 Å². The van der Waals surface area contributed by atoms with Crippen molar-refractivity contribution in [3.05, 3.63) is 48.3 Å². The molecule has 2 saturated heterocycles. The molecule has 1 aromatic carbocycles. The molecule has 0 bridgehead atoms. The average Bonchev–Trinajstić information content (AvgIpc) is 3.33. The fourth-order valence-corrected chi connectivity index (χ4v) is 4.13. The summed E-state index contributed by atoms with van der Waals surface area (Å²) in [5.74, 6) is 0.919. The van der Waals surface area contributed by atoms with Crippen molar-refractivity contribution < 1.29 is 9.84 Å². The van der Waals surface area contributed by atoms with E-state index in [2.05, 4.69) is 39.2 Å². The Kier molecular flexibility index (Phi) is 5.65. The van der Waals surface area contributed by atoms with E-state index >= 15 is 0 Å². The third-order valence-electron chi connectivity index (χ3n) is 5.59. The maximum Gasteiger partial charge on any atom is 0.0645 e. The lowest BCUT2D eigenvalue weighted by Crippen LogP contribution is -2.41. The molecule has 0 spiro atoms. The summed E-state index contributed by atoms with van der Waals surface area (Å²) in [6, 6.07) is 10.5. The molecule has 6 heteroatoms. The molecular weight excluding hydrogens is 328 g/mol. The van der Waals surface area contributed by atoms with Gasteiger partial charge in [-0.3, -0.25) is 9.80 Å². The molecule has 2 fully saturated rings. The van der Waals surface area contributed by atoms with Gasteiger partial charge in [0.2, 0.25) is 0 Å². The van der Waals surface area contributed by atoms with E-state index in [0.29, 0.717) is 11.8 Å². The Balaban J connectivity index is 1.34. The van der Waals surface area contributed by atoms with Crippen molar-refractivity contribution in [1.82, 2.24) is 19.6 Å². The van der Waals surface area contributed by atoms with E-state index in [1.807, 2.05) is 16.9 Å². The molecule has 2 atom stereocenters. The molecule has 2 aromatic rings. The average molecular weight is 356 g/mol. The largest absolute Gasteiger partial charge is 0.396 e. The molecule has 1 aromatic heterocycles. The van der Waals surface area contributed by atoms with Crippen LogP contribution in [0.5, 0.6) is 0 Å². The number of rotatable bonds is 6. The molecule has 0 saturated carbocycles. The minimum atomic E-state index is 0.281. The molecule has 140 valence electrons. The SMILES string of the molecule is OC[C@H]1CN(Cc2ccc(-n3cccn3)cc2)C[C@H]1CN1CCOCC1. The second kappa shape index (κ2) is 8.31. The Morgan fingerprint density at radius 2 is 1.81 bits per heavy atom. The Bertz CT molecular complexity index is 668. The summed E-state index contributed by atoms with van der Waals surface area (Å²) < 4.78 is 7.32. The van der Waals surface area contributed by atoms with Crippen molar-refractivity contribution in [2.45, 2.75) is 6.54 Å². The zero-order valence-corrected chi connectivity index (χ0v) is 15.2. The van der Waals surface area contributed by atoms with Gasteiger partial charge < -0.3 is 9.84 Å². The number of morpholine rings is 1. The monoisotopic (exact) mass is 356 g/mol. The first-order valence-electron chi connectivity index (χ1n) is 9.54. The van der Waals surface area contributed by atoms with Gasteiger partial charge in [0.25, 0.3) is 0 Å². The molecule has 0 radical (unpaired) electrons. The maximum absolute atomic E-state index is 9.81. The minimum Gasteiger partial charge on any atom is -0.396 e. The zero-order valence-electron chi connectivity index (χ0n) is 15.2. The highest BCUT2D eigenvalue weighted by Crippen LogP contribution is 2.26. The van der Waals surface area contributed by atoms with E-state index in [1.165, 1.54) is 5.56 Å². The second-order valence-electron chi connectivity index (χ2n) is 7.43. The topological polar surface area (TPSA) is 53.8 Å². The van der Waals surface area contributed by atoms with Crippen LogP contribution in [0, 0.1) is 11.8 Å². The van der Waals surface area contributed by atoms with E-state index in [0.717, 1.165) is 58.2 Å². The number of likely N-dealkylation sites (tertiary alicyclic amines) is 1. The van der Waals surface area contributed by atoms with Gasteiger partial charge >= 0.3 is 0 Å². The first-order valence-corrected chi connectivity index (χ1v) is 9.54. The maximum atomic E-state index is 9.81. The van der Waals surface area contributed by atoms with Crippen LogP contribution >= 0.6 is 0 Å². The van der Waals surface area contributed by atoms with E-state index < -0.39 is 0 Å². The van der Waals surface area contributed by atoms with Gasteiger partial charge in [0.15, 0.2) is 0 Å². The van der Waals surface area contributed by atoms with Gasteiger partial charge in [-0.05, 0) is 35.6 Å². The van der Waals surface area contributed by atoms with Gasteiger partial charge in [-0.1, -0.05) is 12.1 Å². The number of hydrogen-bond donors (Lipinski definition) is 1. The molecule has 6 nitrogen and oxygen atoms in total. The van der Waals surface area contributed by atoms with E-state index in [4.69, 9.17) is 4.74 Å². The van der Waals surface area contributed by atoms with Crippen molar-refractivity contribution in [2.75, 3.05) is 52.5 Å². The lowest BCUT2D eigenvalue weighted by Gasteiger charge is -2.30. The van der Waals surface area contributed by atoms with E-state index in [9.17, 15) is 5.11 Å². The highest BCUT2D eigenvalue weighted by Gasteiger charge is 2.33. The number of aromatic nitrogens is 2. The molecule has 1 N–H and O–H groups in total. The fraction of sp³-hybridized carbons (Fsp3) is 0.550. The highest BCUT2D eigenvalue weighted by molar-refractivity contribution is 5.33. The predicted molar refractivity (Wildman–Crippen MR) is 100 cm³/mol. The van der Waals surface area contributed by atoms with Crippen molar-refractivity contribution in [1.29, 1.82) is 0 Å². The smallest absolute Gasteiger partial charge is 0.0645 e. The molecule has 0 amide bonds. The Morgan fingerprint density at radius 1 is 1.04 bits per heavy atom. The summed E-state index contributed by atoms with van der Waals surface area (Å²) in [5, 5.41) is 14.1. The van der Waals surface area contributed by atoms with Gasteiger partial charge in [0.05, 0.1) is 18.9 Å². The third-order valence-corrected chi connectivity index (χ3v) is 5.59. The Morgan fingerprint density at radius 3 is 2.50 bits per heavy atom. The summed E-state index contributed by atoms with van der Waals surface area (Å²) in [5.41, 5.74) is 2.39. The number of aliphatic hydroxyl groups is 1. The first kappa shape index (κ1) is 17.7. The summed E-state index contributed by atoms with van der Waals surface area (Å²) in [6.07, 6.45) is 3.75. The Hall–Kier alpha value is -1.73. The standard InChI is InChI=1S/C20H28N4O2/c25-16-19-15-23(14-18(19)13-22-8-10-26-11-9-22)12-17-2-4-20(5-3-17)24-7-1-6-21-24/h1-7,18-19,25H,8-16H2/t18-,19-/m1/s1. The predicted octanol–water partition coefficient (Wildman–Crippen LogP) is 1.24. The van der Waals surface area contributed by atoms with Gasteiger partial charge in [-0.25, -0.2) is 4.68 Å². The van der Waals surface area contributed by atoms with E-state index in [-0.39, 0.29) is 6.61 Å². The molecule has 3 heterocycles. The number of ether oxygens (including phenoxy) is 1. The summed E-state index contributed by atoms with van der Waals surface area (Å²) in [7, 11) is 0. The molecule has 4 rings (SSSR count). The minimum absolute atomic E-state index is 0.281. The summed E-state index contributed by atoms with van der Waals surface area (Å²) in [4.78, 5) is 4.97. The van der Waals surface area contributed by atoms with Crippen LogP contribution in [0.25, 0.3) is 5.69 Å². The number of hydrogen-bond acceptors (Lipinski definition) is 5. The number of aliphatic hydroxyl groups excluding tert-OH is 1. The molecular formula is C20H28N4O2. The van der Waals surface area contributed by atoms with Gasteiger partial charge in [0, 0.05) is 58.3 Å². The lowest BCUT2D eigenvalue weighted by atomic mass is 9.96. The molecule has 2 aliphatic heterocycles. The highest BCUT2D eigenvalue weighted by atomic mass is 16.5. The van der Waals surface area contributed by atoms with Crippen LogP contribution in [0.4, 0.5) is 0 Å². The van der Waals surface area contributed by atoms with Crippen molar-refractivity contribution in [3.8, 4) is 5.69 Å². The first-order chi connectivity index (χ1) is 12.8. The van der Waals surface area contributed by atoms with Crippen molar-refractivity contribution in [2.24, 2.45) is 11.8 Å². The van der Waals surface area contributed by atoms with Crippen LogP contribution in [-0.4, -0.2) is 77.2 Å². The molecule has 0 aliphatic carbocycles. The van der Waals surface area contributed by atoms with Crippen molar-refractivity contribution in [3.63, 3.8) is 0 Å². The van der Waals surface area contributed by atoms with Crippen LogP contribution in [0.15, 0.2) is 42.7 Å². The lowest BCUT2D eigenvalue weighted by molar-refractivity contribution is 0.0264. The van der Waals surface area contributed by atoms with Gasteiger partial charge in [0.1, 0.15) is 0 Å². The molecule has 26 heavy (non-hydrogen) atoms. The normalized spacial score (nSPS) is 25.0. The van der Waals surface area contributed by atoms with Gasteiger partial charge in [-0.15, -0.1) is 0 Å². The quantitative estimate of drug-likeness (QED) is 0.844. The second-order valence-corrected chi connectivity index (χ2v) is 7.43. The fourth-order valence-electron chi connectivity index (χ4n) is 4.13. The number of benzene rings is 1. The van der Waals surface area contributed by atoms with Crippen LogP contribution in [-0.2, 0) is 11.3 Å². The van der Waals surface area contributed by atoms with Gasteiger partial charge in [-0.2, -0.15) is 5.10 Å². The summed E-state index contributed by atoms with van der Waals surface area (Å²) >= 11 is 0. The third kappa shape index (κ3) is 4.15. The van der Waals surface area contributed by atoms with E-state index in [1.54, 1.807) is 6.20 Å². The molecule has 2 aliphatic rings. The van der Waals surface area contributed by atoms with Crippen molar-refractivity contribution >= 4 is 0 Å². The summed E-state index contributed by atoms with van der Waals surface area (Å²) in [6.45, 7) is 8.04. The zero-order chi connectivity index (χ0) is 17.8. The van der Waals surface area contributed by atoms with Crippen LogP contribution in [0.1, 0.15) is 5.56 Å².